The molecule has 52 valence electrons. The second kappa shape index (κ2) is 5.69. The highest BCUT2D eigenvalue weighted by molar-refractivity contribution is 6.33. The van der Waals surface area contributed by atoms with Crippen LogP contribution >= 0.6 is 0 Å². The second-order valence-corrected chi connectivity index (χ2v) is 1.26. The molecule has 0 fully saturated rings. The molecule has 0 aromatic heterocycles. The maximum Gasteiger partial charge on any atom is 0.762 e. The SMILES string of the molecule is C1=CCOC1.FB(F)F. The molecule has 0 aliphatic carbocycles. The summed E-state index contributed by atoms with van der Waals surface area (Å²) in [6.07, 6.45) is 4.03. The summed E-state index contributed by atoms with van der Waals surface area (Å²) in [6, 6.07) is 0. The third kappa shape index (κ3) is 11.2. The van der Waals surface area contributed by atoms with Gasteiger partial charge in [0.05, 0.1) is 13.2 Å². The molecule has 0 aromatic carbocycles. The van der Waals surface area contributed by atoms with Gasteiger partial charge in [0, 0.05) is 0 Å². The van der Waals surface area contributed by atoms with Crippen molar-refractivity contribution in [1.82, 2.24) is 0 Å². The second-order valence-electron chi connectivity index (χ2n) is 1.26. The highest BCUT2D eigenvalue weighted by Gasteiger charge is 2.06. The quantitative estimate of drug-likeness (QED) is 0.363. The molecule has 1 nitrogen and oxygen atoms in total. The molecule has 0 unspecified atom stereocenters. The van der Waals surface area contributed by atoms with Gasteiger partial charge < -0.3 is 4.74 Å². The standard InChI is InChI=1S/C4H6O.BF3/c1-2-4-5-3-1;2-1(3)4/h1-2H,3-4H2;. The first kappa shape index (κ1) is 8.55. The first-order chi connectivity index (χ1) is 4.23. The van der Waals surface area contributed by atoms with Crippen LogP contribution in [0.1, 0.15) is 0 Å². The van der Waals surface area contributed by atoms with Crippen LogP contribution in [0.3, 0.4) is 0 Å². The fourth-order valence-corrected chi connectivity index (χ4v) is 0.340. The van der Waals surface area contributed by atoms with Crippen LogP contribution in [0.2, 0.25) is 0 Å². The normalized spacial score (nSPS) is 14.6. The van der Waals surface area contributed by atoms with Crippen LogP contribution in [0.5, 0.6) is 0 Å². The van der Waals surface area contributed by atoms with Crippen LogP contribution in [0.4, 0.5) is 12.9 Å². The van der Waals surface area contributed by atoms with E-state index in [1.807, 2.05) is 12.2 Å². The van der Waals surface area contributed by atoms with Gasteiger partial charge in [-0.3, -0.25) is 12.9 Å². The van der Waals surface area contributed by atoms with E-state index in [1.54, 1.807) is 0 Å². The molecule has 0 radical (unpaired) electrons. The van der Waals surface area contributed by atoms with E-state index in [9.17, 15) is 12.9 Å². The monoisotopic (exact) mass is 138 g/mol. The molecule has 0 saturated carbocycles. The van der Waals surface area contributed by atoms with Crippen molar-refractivity contribution in [3.05, 3.63) is 12.2 Å². The molecule has 1 aliphatic heterocycles. The summed E-state index contributed by atoms with van der Waals surface area (Å²) in [7, 11) is -3.67. The highest BCUT2D eigenvalue weighted by Crippen LogP contribution is 1.85. The maximum atomic E-state index is 9.67. The summed E-state index contributed by atoms with van der Waals surface area (Å²) in [4.78, 5) is 0. The molecule has 0 aromatic rings. The van der Waals surface area contributed by atoms with E-state index in [0.29, 0.717) is 0 Å². The van der Waals surface area contributed by atoms with Crippen molar-refractivity contribution in [3.63, 3.8) is 0 Å². The van der Waals surface area contributed by atoms with Crippen molar-refractivity contribution < 1.29 is 17.7 Å². The summed E-state index contributed by atoms with van der Waals surface area (Å²) in [5.74, 6) is 0. The van der Waals surface area contributed by atoms with Crippen LogP contribution in [0.25, 0.3) is 0 Å². The summed E-state index contributed by atoms with van der Waals surface area (Å²) in [6.45, 7) is 1.64. The van der Waals surface area contributed by atoms with Crippen LogP contribution in [0.15, 0.2) is 12.2 Å². The Morgan fingerprint density at radius 3 is 1.56 bits per heavy atom. The minimum absolute atomic E-state index is 0.819. The van der Waals surface area contributed by atoms with Gasteiger partial charge in [0.2, 0.25) is 0 Å². The highest BCUT2D eigenvalue weighted by atomic mass is 19.4. The van der Waals surface area contributed by atoms with Crippen molar-refractivity contribution in [3.8, 4) is 0 Å². The average Bonchev–Trinajstić information content (AvgIpc) is 2.11. The smallest absolute Gasteiger partial charge is 0.373 e. The predicted molar refractivity (Wildman–Crippen MR) is 29.0 cm³/mol. The molecule has 0 amide bonds. The van der Waals surface area contributed by atoms with Gasteiger partial charge in [-0.15, -0.1) is 0 Å². The Balaban J connectivity index is 0.000000148. The van der Waals surface area contributed by atoms with E-state index >= 15 is 0 Å². The van der Waals surface area contributed by atoms with Crippen molar-refractivity contribution in [2.45, 2.75) is 0 Å². The van der Waals surface area contributed by atoms with Crippen LogP contribution in [-0.2, 0) is 4.74 Å². The van der Waals surface area contributed by atoms with Gasteiger partial charge >= 0.3 is 7.54 Å². The Morgan fingerprint density at radius 1 is 1.11 bits per heavy atom. The van der Waals surface area contributed by atoms with Crippen molar-refractivity contribution in [2.24, 2.45) is 0 Å². The van der Waals surface area contributed by atoms with Crippen LogP contribution in [0, 0.1) is 0 Å². The Morgan fingerprint density at radius 2 is 1.44 bits per heavy atom. The molecule has 1 heterocycles. The zero-order chi connectivity index (χ0) is 7.11. The fraction of sp³-hybridized carbons (Fsp3) is 0.500. The summed E-state index contributed by atoms with van der Waals surface area (Å²) < 4.78 is 33.8. The Bertz CT molecular complexity index is 77.1. The third-order valence-electron chi connectivity index (χ3n) is 0.595. The molecule has 1 rings (SSSR count). The number of ether oxygens (including phenoxy) is 1. The van der Waals surface area contributed by atoms with Gasteiger partial charge in [-0.1, -0.05) is 12.2 Å². The number of hydrogen-bond donors (Lipinski definition) is 0. The molecule has 9 heavy (non-hydrogen) atoms. The molecule has 0 atom stereocenters. The Hall–Kier alpha value is -0.445. The molecular formula is C4H6BF3O. The molecule has 1 aliphatic rings. The van der Waals surface area contributed by atoms with Gasteiger partial charge in [-0.2, -0.15) is 0 Å². The molecule has 0 N–H and O–H groups in total. The van der Waals surface area contributed by atoms with Gasteiger partial charge in [-0.05, 0) is 0 Å². The van der Waals surface area contributed by atoms with Gasteiger partial charge in [0.15, 0.2) is 0 Å². The minimum atomic E-state index is -3.67. The number of hydrogen-bond acceptors (Lipinski definition) is 1. The molecular weight excluding hydrogens is 132 g/mol. The van der Waals surface area contributed by atoms with E-state index in [-0.39, 0.29) is 0 Å². The lowest BCUT2D eigenvalue weighted by molar-refractivity contribution is 0.213. The van der Waals surface area contributed by atoms with Crippen molar-refractivity contribution in [1.29, 1.82) is 0 Å². The Labute approximate surface area is 51.7 Å². The lowest BCUT2D eigenvalue weighted by atomic mass is 10.5. The Kier molecular flexibility index (Phi) is 5.41. The first-order valence-corrected chi connectivity index (χ1v) is 2.38. The molecule has 5 heteroatoms. The van der Waals surface area contributed by atoms with E-state index in [4.69, 9.17) is 4.74 Å². The van der Waals surface area contributed by atoms with E-state index in [2.05, 4.69) is 0 Å². The van der Waals surface area contributed by atoms with E-state index < -0.39 is 7.54 Å². The minimum Gasteiger partial charge on any atom is -0.373 e. The lowest BCUT2D eigenvalue weighted by Gasteiger charge is -1.77. The molecule has 0 spiro atoms. The largest absolute Gasteiger partial charge is 0.762 e. The maximum absolute atomic E-state index is 9.67. The van der Waals surface area contributed by atoms with E-state index in [1.165, 1.54) is 0 Å². The molecule has 0 bridgehead atoms. The zero-order valence-electron chi connectivity index (χ0n) is 4.69. The summed E-state index contributed by atoms with van der Waals surface area (Å²) in [5.41, 5.74) is 0. The number of halogens is 3. The average molecular weight is 138 g/mol. The van der Waals surface area contributed by atoms with Gasteiger partial charge in [0.1, 0.15) is 0 Å². The lowest BCUT2D eigenvalue weighted by Crippen LogP contribution is -1.76. The number of rotatable bonds is 0. The summed E-state index contributed by atoms with van der Waals surface area (Å²) >= 11 is 0. The third-order valence-corrected chi connectivity index (χ3v) is 0.595. The van der Waals surface area contributed by atoms with Crippen molar-refractivity contribution >= 4 is 7.54 Å². The predicted octanol–water partition coefficient (Wildman–Crippen LogP) is 1.45. The van der Waals surface area contributed by atoms with Crippen molar-refractivity contribution in [2.75, 3.05) is 13.2 Å². The first-order valence-electron chi connectivity index (χ1n) is 2.38. The fourth-order valence-electron chi connectivity index (χ4n) is 0.340. The molecule has 0 saturated heterocycles. The summed E-state index contributed by atoms with van der Waals surface area (Å²) in [5, 5.41) is 0. The van der Waals surface area contributed by atoms with Gasteiger partial charge in [0.25, 0.3) is 0 Å². The zero-order valence-corrected chi connectivity index (χ0v) is 4.69. The van der Waals surface area contributed by atoms with E-state index in [0.717, 1.165) is 13.2 Å². The van der Waals surface area contributed by atoms with Gasteiger partial charge in [-0.25, -0.2) is 0 Å². The van der Waals surface area contributed by atoms with Crippen LogP contribution < -0.4 is 0 Å². The topological polar surface area (TPSA) is 9.23 Å². The van der Waals surface area contributed by atoms with Crippen LogP contribution in [-0.4, -0.2) is 20.8 Å².